The molecule has 0 aromatic rings. The molecule has 0 aromatic heterocycles. The highest BCUT2D eigenvalue weighted by Gasteiger charge is 2.41. The van der Waals surface area contributed by atoms with E-state index in [2.05, 4.69) is 6.92 Å². The summed E-state index contributed by atoms with van der Waals surface area (Å²) < 4.78 is 5.47. The Morgan fingerprint density at radius 1 is 1.43 bits per heavy atom. The van der Waals surface area contributed by atoms with Crippen LogP contribution in [0.4, 0.5) is 0 Å². The van der Waals surface area contributed by atoms with Crippen LogP contribution in [0.25, 0.3) is 0 Å². The Bertz CT molecular complexity index is 217. The maximum absolute atomic E-state index is 10.9. The van der Waals surface area contributed by atoms with E-state index in [1.807, 2.05) is 13.8 Å². The van der Waals surface area contributed by atoms with Crippen LogP contribution in [-0.2, 0) is 9.53 Å². The van der Waals surface area contributed by atoms with E-state index in [4.69, 9.17) is 15.6 Å². The number of carboxylic acids is 1. The Hall–Kier alpha value is -0.610. The first kappa shape index (κ1) is 11.5. The summed E-state index contributed by atoms with van der Waals surface area (Å²) in [6.07, 6.45) is 0.0131. The lowest BCUT2D eigenvalue weighted by Crippen LogP contribution is -2.56. The van der Waals surface area contributed by atoms with Gasteiger partial charge in [0.15, 0.2) is 6.10 Å². The second-order valence-corrected chi connectivity index (χ2v) is 4.14. The van der Waals surface area contributed by atoms with E-state index in [1.165, 1.54) is 0 Å². The smallest absolute Gasteiger partial charge is 0.334 e. The summed E-state index contributed by atoms with van der Waals surface area (Å²) in [7, 11) is 0. The van der Waals surface area contributed by atoms with Crippen molar-refractivity contribution in [3.05, 3.63) is 0 Å². The Morgan fingerprint density at radius 3 is 2.43 bits per heavy atom. The van der Waals surface area contributed by atoms with Gasteiger partial charge in [-0.25, -0.2) is 4.79 Å². The monoisotopic (exact) mass is 201 g/mol. The minimum Gasteiger partial charge on any atom is -0.479 e. The normalized spacial score (nSPS) is 43.6. The van der Waals surface area contributed by atoms with Gasteiger partial charge in [-0.05, 0) is 18.3 Å². The molecule has 0 aromatic carbocycles. The predicted octanol–water partition coefficient (Wildman–Crippen LogP) is 0.848. The fourth-order valence-corrected chi connectivity index (χ4v) is 2.06. The quantitative estimate of drug-likeness (QED) is 0.694. The summed E-state index contributed by atoms with van der Waals surface area (Å²) in [5, 5.41) is 8.92. The average Bonchev–Trinajstić information content (AvgIpc) is 2.14. The van der Waals surface area contributed by atoms with Gasteiger partial charge in [-0.1, -0.05) is 20.8 Å². The number of nitrogens with two attached hydrogens (primary N) is 1. The van der Waals surface area contributed by atoms with Crippen LogP contribution in [0.5, 0.6) is 0 Å². The molecule has 1 fully saturated rings. The molecular formula is C10H19NO3. The molecule has 0 bridgehead atoms. The zero-order chi connectivity index (χ0) is 10.9. The Balaban J connectivity index is 2.78. The third-order valence-electron chi connectivity index (χ3n) is 3.34. The minimum atomic E-state index is -0.949. The Morgan fingerprint density at radius 2 is 2.00 bits per heavy atom. The lowest BCUT2D eigenvalue weighted by molar-refractivity contribution is -0.171. The Labute approximate surface area is 84.4 Å². The molecule has 0 radical (unpaired) electrons. The van der Waals surface area contributed by atoms with Gasteiger partial charge in [-0.3, -0.25) is 0 Å². The third-order valence-corrected chi connectivity index (χ3v) is 3.34. The van der Waals surface area contributed by atoms with E-state index in [9.17, 15) is 4.79 Å². The molecule has 3 N–H and O–H groups in total. The van der Waals surface area contributed by atoms with E-state index in [1.54, 1.807) is 0 Å². The van der Waals surface area contributed by atoms with Crippen molar-refractivity contribution in [2.75, 3.05) is 0 Å². The molecule has 1 aliphatic rings. The van der Waals surface area contributed by atoms with E-state index < -0.39 is 18.1 Å². The van der Waals surface area contributed by atoms with E-state index in [0.29, 0.717) is 5.92 Å². The van der Waals surface area contributed by atoms with Crippen molar-refractivity contribution >= 4 is 5.97 Å². The van der Waals surface area contributed by atoms with Crippen LogP contribution >= 0.6 is 0 Å². The van der Waals surface area contributed by atoms with Crippen LogP contribution in [0.1, 0.15) is 27.2 Å². The minimum absolute atomic E-state index is 0.0194. The highest BCUT2D eigenvalue weighted by molar-refractivity contribution is 5.73. The van der Waals surface area contributed by atoms with Gasteiger partial charge in [0.2, 0.25) is 0 Å². The van der Waals surface area contributed by atoms with Gasteiger partial charge in [0.25, 0.3) is 0 Å². The van der Waals surface area contributed by atoms with E-state index in [0.717, 1.165) is 6.42 Å². The number of aliphatic carboxylic acids is 1. The molecule has 14 heavy (non-hydrogen) atoms. The summed E-state index contributed by atoms with van der Waals surface area (Å²) in [6.45, 7) is 6.07. The fraction of sp³-hybridized carbons (Fsp3) is 0.900. The molecular weight excluding hydrogens is 182 g/mol. The van der Waals surface area contributed by atoms with Gasteiger partial charge in [0, 0.05) is 6.04 Å². The number of hydrogen-bond donors (Lipinski definition) is 2. The van der Waals surface area contributed by atoms with Crippen molar-refractivity contribution in [3.63, 3.8) is 0 Å². The molecule has 0 spiro atoms. The number of carbonyl (C=O) groups is 1. The van der Waals surface area contributed by atoms with Gasteiger partial charge < -0.3 is 15.6 Å². The van der Waals surface area contributed by atoms with Crippen molar-refractivity contribution < 1.29 is 14.6 Å². The summed E-state index contributed by atoms with van der Waals surface area (Å²) in [5.74, 6) is -0.435. The lowest BCUT2D eigenvalue weighted by Gasteiger charge is -2.41. The first-order valence-corrected chi connectivity index (χ1v) is 5.12. The number of rotatable bonds is 2. The number of carboxylic acid groups (broad SMARTS) is 1. The molecule has 0 amide bonds. The van der Waals surface area contributed by atoms with E-state index in [-0.39, 0.29) is 12.0 Å². The Kier molecular flexibility index (Phi) is 3.50. The topological polar surface area (TPSA) is 72.5 Å². The summed E-state index contributed by atoms with van der Waals surface area (Å²) >= 11 is 0. The molecule has 1 saturated heterocycles. The van der Waals surface area contributed by atoms with Crippen molar-refractivity contribution in [3.8, 4) is 0 Å². The molecule has 5 atom stereocenters. The fourth-order valence-electron chi connectivity index (χ4n) is 2.06. The van der Waals surface area contributed by atoms with Crippen molar-refractivity contribution in [1.29, 1.82) is 0 Å². The second-order valence-electron chi connectivity index (χ2n) is 4.14. The van der Waals surface area contributed by atoms with Crippen LogP contribution in [0.3, 0.4) is 0 Å². The summed E-state index contributed by atoms with van der Waals surface area (Å²) in [6, 6.07) is -0.398. The molecule has 5 unspecified atom stereocenters. The zero-order valence-electron chi connectivity index (χ0n) is 8.93. The first-order chi connectivity index (χ1) is 6.49. The summed E-state index contributed by atoms with van der Waals surface area (Å²) in [4.78, 5) is 10.9. The van der Waals surface area contributed by atoms with Crippen LogP contribution in [0, 0.1) is 11.8 Å². The molecule has 82 valence electrons. The van der Waals surface area contributed by atoms with Crippen molar-refractivity contribution in [1.82, 2.24) is 0 Å². The van der Waals surface area contributed by atoms with Crippen LogP contribution in [-0.4, -0.2) is 29.3 Å². The molecule has 1 rings (SSSR count). The van der Waals surface area contributed by atoms with Crippen LogP contribution < -0.4 is 5.73 Å². The van der Waals surface area contributed by atoms with E-state index >= 15 is 0 Å². The maximum atomic E-state index is 10.9. The van der Waals surface area contributed by atoms with Crippen molar-refractivity contribution in [2.24, 2.45) is 17.6 Å². The molecule has 1 aliphatic heterocycles. The van der Waals surface area contributed by atoms with Crippen LogP contribution in [0.2, 0.25) is 0 Å². The number of ether oxygens (including phenoxy) is 1. The van der Waals surface area contributed by atoms with Gasteiger partial charge in [0.1, 0.15) is 0 Å². The maximum Gasteiger partial charge on any atom is 0.334 e. The molecule has 4 nitrogen and oxygen atoms in total. The first-order valence-electron chi connectivity index (χ1n) is 5.12. The largest absolute Gasteiger partial charge is 0.479 e. The number of hydrogen-bond acceptors (Lipinski definition) is 3. The summed E-state index contributed by atoms with van der Waals surface area (Å²) in [5.41, 5.74) is 5.82. The third kappa shape index (κ3) is 1.91. The second kappa shape index (κ2) is 4.28. The average molecular weight is 201 g/mol. The van der Waals surface area contributed by atoms with Gasteiger partial charge in [0.05, 0.1) is 6.10 Å². The highest BCUT2D eigenvalue weighted by atomic mass is 16.5. The van der Waals surface area contributed by atoms with Gasteiger partial charge in [-0.15, -0.1) is 0 Å². The molecule has 0 aliphatic carbocycles. The molecule has 4 heteroatoms. The standard InChI is InChI=1S/C10H19NO3/c1-4-7-5(2)6(3)8(11)9(14-7)10(12)13/h5-9H,4,11H2,1-3H3,(H,12,13). The van der Waals surface area contributed by atoms with Gasteiger partial charge >= 0.3 is 5.97 Å². The van der Waals surface area contributed by atoms with Crippen molar-refractivity contribution in [2.45, 2.75) is 45.4 Å². The van der Waals surface area contributed by atoms with Gasteiger partial charge in [-0.2, -0.15) is 0 Å². The van der Waals surface area contributed by atoms with Crippen LogP contribution in [0.15, 0.2) is 0 Å². The molecule has 0 saturated carbocycles. The molecule has 1 heterocycles. The highest BCUT2D eigenvalue weighted by Crippen LogP contribution is 2.31. The predicted molar refractivity (Wildman–Crippen MR) is 52.9 cm³/mol. The zero-order valence-corrected chi connectivity index (χ0v) is 8.93. The SMILES string of the molecule is CCC1OC(C(=O)O)C(N)C(C)C1C. The lowest BCUT2D eigenvalue weighted by atomic mass is 9.79.